The van der Waals surface area contributed by atoms with Gasteiger partial charge in [0.1, 0.15) is 5.76 Å². The summed E-state index contributed by atoms with van der Waals surface area (Å²) < 4.78 is 5.31. The largest absolute Gasteiger partial charge is 0.467 e. The van der Waals surface area contributed by atoms with Crippen molar-refractivity contribution in [1.29, 1.82) is 0 Å². The molecular formula is C14H14ClNO2. The summed E-state index contributed by atoms with van der Waals surface area (Å²) in [7, 11) is 1.75. The molecule has 0 bridgehead atoms. The van der Waals surface area contributed by atoms with Crippen LogP contribution >= 0.6 is 11.6 Å². The lowest BCUT2D eigenvalue weighted by Crippen LogP contribution is -2.29. The second kappa shape index (κ2) is 5.27. The van der Waals surface area contributed by atoms with Crippen molar-refractivity contribution in [2.45, 2.75) is 13.0 Å². The number of halogens is 1. The summed E-state index contributed by atoms with van der Waals surface area (Å²) >= 11 is 5.88. The van der Waals surface area contributed by atoms with E-state index in [4.69, 9.17) is 16.0 Å². The van der Waals surface area contributed by atoms with E-state index < -0.39 is 0 Å². The van der Waals surface area contributed by atoms with Crippen LogP contribution in [0.15, 0.2) is 47.1 Å². The molecule has 0 aliphatic carbocycles. The van der Waals surface area contributed by atoms with Crippen LogP contribution in [0.5, 0.6) is 0 Å². The molecule has 0 fully saturated rings. The van der Waals surface area contributed by atoms with Crippen molar-refractivity contribution >= 4 is 17.5 Å². The van der Waals surface area contributed by atoms with Gasteiger partial charge in [-0.2, -0.15) is 0 Å². The summed E-state index contributed by atoms with van der Waals surface area (Å²) in [6.07, 6.45) is 1.60. The lowest BCUT2D eigenvalue weighted by atomic mass is 10.1. The van der Waals surface area contributed by atoms with Crippen molar-refractivity contribution in [3.05, 3.63) is 59.0 Å². The van der Waals surface area contributed by atoms with Gasteiger partial charge in [-0.1, -0.05) is 17.7 Å². The van der Waals surface area contributed by atoms with E-state index in [9.17, 15) is 4.79 Å². The molecule has 0 saturated heterocycles. The monoisotopic (exact) mass is 263 g/mol. The third-order valence-electron chi connectivity index (χ3n) is 2.93. The summed E-state index contributed by atoms with van der Waals surface area (Å²) in [5.41, 5.74) is 0.573. The molecule has 2 aromatic rings. The summed E-state index contributed by atoms with van der Waals surface area (Å²) in [6, 6.07) is 10.5. The van der Waals surface area contributed by atoms with Gasteiger partial charge < -0.3 is 9.32 Å². The maximum atomic E-state index is 12.3. The molecule has 1 amide bonds. The van der Waals surface area contributed by atoms with Crippen LogP contribution in [0, 0.1) is 0 Å². The number of carbonyl (C=O) groups is 1. The maximum absolute atomic E-state index is 12.3. The van der Waals surface area contributed by atoms with Crippen molar-refractivity contribution in [2.75, 3.05) is 7.05 Å². The molecule has 4 heteroatoms. The van der Waals surface area contributed by atoms with Gasteiger partial charge in [0.15, 0.2) is 0 Å². The number of hydrogen-bond donors (Lipinski definition) is 0. The first kappa shape index (κ1) is 12.7. The first-order valence-corrected chi connectivity index (χ1v) is 6.03. The zero-order valence-corrected chi connectivity index (χ0v) is 11.0. The number of nitrogens with zero attached hydrogens (tertiary/aromatic N) is 1. The van der Waals surface area contributed by atoms with Crippen LogP contribution in [0.25, 0.3) is 0 Å². The van der Waals surface area contributed by atoms with Gasteiger partial charge in [-0.15, -0.1) is 0 Å². The molecule has 1 heterocycles. The molecule has 18 heavy (non-hydrogen) atoms. The van der Waals surface area contributed by atoms with Crippen LogP contribution in [0.3, 0.4) is 0 Å². The van der Waals surface area contributed by atoms with Crippen LogP contribution in [-0.4, -0.2) is 17.9 Å². The standard InChI is InChI=1S/C14H14ClNO2/c1-10(13-7-4-8-18-13)16(2)14(17)11-5-3-6-12(15)9-11/h3-10H,1-2H3. The van der Waals surface area contributed by atoms with Crippen molar-refractivity contribution < 1.29 is 9.21 Å². The average molecular weight is 264 g/mol. The van der Waals surface area contributed by atoms with E-state index >= 15 is 0 Å². The number of amides is 1. The molecule has 1 atom stereocenters. The van der Waals surface area contributed by atoms with Gasteiger partial charge >= 0.3 is 0 Å². The van der Waals surface area contributed by atoms with Crippen LogP contribution < -0.4 is 0 Å². The molecule has 1 aromatic heterocycles. The van der Waals surface area contributed by atoms with Gasteiger partial charge in [0.2, 0.25) is 0 Å². The van der Waals surface area contributed by atoms with Crippen LogP contribution in [-0.2, 0) is 0 Å². The van der Waals surface area contributed by atoms with Gasteiger partial charge in [0, 0.05) is 17.6 Å². The molecule has 0 aliphatic heterocycles. The Morgan fingerprint density at radius 2 is 2.11 bits per heavy atom. The van der Waals surface area contributed by atoms with Crippen LogP contribution in [0.1, 0.15) is 29.1 Å². The lowest BCUT2D eigenvalue weighted by molar-refractivity contribution is 0.0726. The summed E-state index contributed by atoms with van der Waals surface area (Å²) in [4.78, 5) is 13.9. The first-order valence-electron chi connectivity index (χ1n) is 5.65. The van der Waals surface area contributed by atoms with Crippen molar-refractivity contribution in [1.82, 2.24) is 4.90 Å². The van der Waals surface area contributed by atoms with Gasteiger partial charge in [-0.25, -0.2) is 0 Å². The minimum absolute atomic E-state index is 0.0820. The third-order valence-corrected chi connectivity index (χ3v) is 3.16. The van der Waals surface area contributed by atoms with Gasteiger partial charge in [-0.05, 0) is 37.3 Å². The highest BCUT2D eigenvalue weighted by Crippen LogP contribution is 2.21. The zero-order chi connectivity index (χ0) is 13.1. The smallest absolute Gasteiger partial charge is 0.254 e. The Kier molecular flexibility index (Phi) is 3.72. The SMILES string of the molecule is CC(c1ccco1)N(C)C(=O)c1cccc(Cl)c1. The fraction of sp³-hybridized carbons (Fsp3) is 0.214. The molecule has 0 spiro atoms. The molecule has 3 nitrogen and oxygen atoms in total. The minimum atomic E-state index is -0.119. The van der Waals surface area contributed by atoms with E-state index in [1.165, 1.54) is 0 Å². The summed E-state index contributed by atoms with van der Waals surface area (Å²) in [5, 5.41) is 0.555. The van der Waals surface area contributed by atoms with Crippen molar-refractivity contribution in [2.24, 2.45) is 0 Å². The number of carbonyl (C=O) groups excluding carboxylic acids is 1. The molecule has 2 rings (SSSR count). The Labute approximate surface area is 111 Å². The van der Waals surface area contributed by atoms with E-state index in [1.807, 2.05) is 19.1 Å². The summed E-state index contributed by atoms with van der Waals surface area (Å²) in [6.45, 7) is 1.92. The molecule has 1 unspecified atom stereocenters. The Bertz CT molecular complexity index is 536. The second-order valence-electron chi connectivity index (χ2n) is 4.12. The number of benzene rings is 1. The van der Waals surface area contributed by atoms with Gasteiger partial charge in [0.05, 0.1) is 12.3 Å². The molecule has 0 radical (unpaired) electrons. The molecule has 0 saturated carbocycles. The van der Waals surface area contributed by atoms with E-state index in [0.717, 1.165) is 5.76 Å². The highest BCUT2D eigenvalue weighted by molar-refractivity contribution is 6.30. The van der Waals surface area contributed by atoms with E-state index in [2.05, 4.69) is 0 Å². The number of rotatable bonds is 3. The first-order chi connectivity index (χ1) is 8.59. The molecular weight excluding hydrogens is 250 g/mol. The van der Waals surface area contributed by atoms with Crippen molar-refractivity contribution in [3.8, 4) is 0 Å². The lowest BCUT2D eigenvalue weighted by Gasteiger charge is -2.23. The molecule has 1 aromatic carbocycles. The highest BCUT2D eigenvalue weighted by atomic mass is 35.5. The predicted molar refractivity (Wildman–Crippen MR) is 70.7 cm³/mol. The normalized spacial score (nSPS) is 12.2. The van der Waals surface area contributed by atoms with Gasteiger partial charge in [0.25, 0.3) is 5.91 Å². The quantitative estimate of drug-likeness (QED) is 0.845. The Morgan fingerprint density at radius 3 is 2.72 bits per heavy atom. The molecule has 0 aliphatic rings. The van der Waals surface area contributed by atoms with Crippen LogP contribution in [0.2, 0.25) is 5.02 Å². The van der Waals surface area contributed by atoms with Gasteiger partial charge in [-0.3, -0.25) is 4.79 Å². The predicted octanol–water partition coefficient (Wildman–Crippen LogP) is 3.77. The zero-order valence-electron chi connectivity index (χ0n) is 10.3. The number of hydrogen-bond acceptors (Lipinski definition) is 2. The molecule has 0 N–H and O–H groups in total. The third kappa shape index (κ3) is 2.57. The number of furan rings is 1. The van der Waals surface area contributed by atoms with E-state index in [0.29, 0.717) is 10.6 Å². The Hall–Kier alpha value is -1.74. The average Bonchev–Trinajstić information content (AvgIpc) is 2.90. The van der Waals surface area contributed by atoms with E-state index in [1.54, 1.807) is 42.5 Å². The summed E-state index contributed by atoms with van der Waals surface area (Å²) in [5.74, 6) is 0.675. The molecule has 94 valence electrons. The minimum Gasteiger partial charge on any atom is -0.467 e. The van der Waals surface area contributed by atoms with Crippen molar-refractivity contribution in [3.63, 3.8) is 0 Å². The Morgan fingerprint density at radius 1 is 1.33 bits per heavy atom. The second-order valence-corrected chi connectivity index (χ2v) is 4.55. The topological polar surface area (TPSA) is 33.5 Å². The van der Waals surface area contributed by atoms with E-state index in [-0.39, 0.29) is 11.9 Å². The van der Waals surface area contributed by atoms with Crippen LogP contribution in [0.4, 0.5) is 0 Å². The fourth-order valence-corrected chi connectivity index (χ4v) is 1.91. The Balaban J connectivity index is 2.19. The fourth-order valence-electron chi connectivity index (χ4n) is 1.72. The maximum Gasteiger partial charge on any atom is 0.254 e. The highest BCUT2D eigenvalue weighted by Gasteiger charge is 2.20.